The van der Waals surface area contributed by atoms with E-state index in [1.807, 2.05) is 19.0 Å². The summed E-state index contributed by atoms with van der Waals surface area (Å²) < 4.78 is 37.2. The van der Waals surface area contributed by atoms with Crippen LogP contribution in [0.2, 0.25) is 0 Å². The molecule has 1 aromatic carbocycles. The highest BCUT2D eigenvalue weighted by atomic mass is 32.2. The topological polar surface area (TPSA) is 93.9 Å². The summed E-state index contributed by atoms with van der Waals surface area (Å²) in [6.07, 6.45) is 0. The largest absolute Gasteiger partial charge is 0.495 e. The van der Waals surface area contributed by atoms with E-state index in [1.165, 1.54) is 25.3 Å². The standard InChI is InChI=1S/C13H23N3O4S/c1-16(2)7-9-20-8-6-15-21(17,18)13-5-4-11(14)10-12(13)19-3/h4-5,10,15H,6-9,14H2,1-3H3. The minimum Gasteiger partial charge on any atom is -0.495 e. The molecule has 7 nitrogen and oxygen atoms in total. The van der Waals surface area contributed by atoms with Crippen molar-refractivity contribution in [2.75, 3.05) is 53.2 Å². The lowest BCUT2D eigenvalue weighted by Crippen LogP contribution is -2.28. The molecule has 0 saturated heterocycles. The number of nitrogens with one attached hydrogen (secondary N) is 1. The average molecular weight is 317 g/mol. The van der Waals surface area contributed by atoms with Gasteiger partial charge in [-0.3, -0.25) is 0 Å². The van der Waals surface area contributed by atoms with E-state index in [2.05, 4.69) is 4.72 Å². The summed E-state index contributed by atoms with van der Waals surface area (Å²) in [5, 5.41) is 0. The van der Waals surface area contributed by atoms with Crippen molar-refractivity contribution >= 4 is 15.7 Å². The van der Waals surface area contributed by atoms with Crippen molar-refractivity contribution in [3.63, 3.8) is 0 Å². The van der Waals surface area contributed by atoms with Gasteiger partial charge in [-0.2, -0.15) is 0 Å². The van der Waals surface area contributed by atoms with Crippen LogP contribution in [0.5, 0.6) is 5.75 Å². The molecule has 21 heavy (non-hydrogen) atoms. The van der Waals surface area contributed by atoms with Gasteiger partial charge in [-0.1, -0.05) is 0 Å². The molecular formula is C13H23N3O4S. The van der Waals surface area contributed by atoms with Crippen molar-refractivity contribution in [3.8, 4) is 5.75 Å². The first-order valence-electron chi connectivity index (χ1n) is 6.52. The minimum absolute atomic E-state index is 0.0625. The van der Waals surface area contributed by atoms with E-state index in [9.17, 15) is 8.42 Å². The molecule has 0 heterocycles. The summed E-state index contributed by atoms with van der Waals surface area (Å²) in [4.78, 5) is 2.05. The normalized spacial score (nSPS) is 11.8. The average Bonchev–Trinajstić information content (AvgIpc) is 2.41. The molecule has 1 aromatic rings. The highest BCUT2D eigenvalue weighted by Crippen LogP contribution is 2.25. The SMILES string of the molecule is COc1cc(N)ccc1S(=O)(=O)NCCOCCN(C)C. The van der Waals surface area contributed by atoms with Crippen LogP contribution in [-0.4, -0.2) is 60.8 Å². The summed E-state index contributed by atoms with van der Waals surface area (Å²) >= 11 is 0. The minimum atomic E-state index is -3.64. The predicted octanol–water partition coefficient (Wildman–Crippen LogP) is 0.134. The first kappa shape index (κ1) is 17.7. The van der Waals surface area contributed by atoms with Crippen LogP contribution in [0.15, 0.2) is 23.1 Å². The van der Waals surface area contributed by atoms with Crippen LogP contribution in [0.1, 0.15) is 0 Å². The molecule has 0 unspecified atom stereocenters. The molecule has 120 valence electrons. The van der Waals surface area contributed by atoms with Crippen molar-refractivity contribution in [2.45, 2.75) is 4.90 Å². The van der Waals surface area contributed by atoms with Gasteiger partial charge in [-0.15, -0.1) is 0 Å². The van der Waals surface area contributed by atoms with Crippen LogP contribution in [0.25, 0.3) is 0 Å². The fourth-order valence-corrected chi connectivity index (χ4v) is 2.74. The molecule has 8 heteroatoms. The fourth-order valence-electron chi connectivity index (χ4n) is 1.58. The number of sulfonamides is 1. The van der Waals surface area contributed by atoms with E-state index < -0.39 is 10.0 Å². The number of hydrogen-bond donors (Lipinski definition) is 2. The lowest BCUT2D eigenvalue weighted by atomic mass is 10.3. The van der Waals surface area contributed by atoms with Crippen LogP contribution < -0.4 is 15.2 Å². The molecule has 0 aromatic heterocycles. The molecule has 0 spiro atoms. The molecule has 0 amide bonds. The summed E-state index contributed by atoms with van der Waals surface area (Å²) in [5.41, 5.74) is 6.05. The van der Waals surface area contributed by atoms with Crippen molar-refractivity contribution in [2.24, 2.45) is 0 Å². The molecule has 3 N–H and O–H groups in total. The number of nitrogens with zero attached hydrogens (tertiary/aromatic N) is 1. The maximum atomic E-state index is 12.2. The Balaban J connectivity index is 2.54. The first-order chi connectivity index (χ1) is 9.86. The van der Waals surface area contributed by atoms with E-state index in [1.54, 1.807) is 0 Å². The third-order valence-corrected chi connectivity index (χ3v) is 4.20. The Morgan fingerprint density at radius 1 is 1.29 bits per heavy atom. The Labute approximate surface area is 126 Å². The molecule has 0 saturated carbocycles. The summed E-state index contributed by atoms with van der Waals surface area (Å²) in [6.45, 7) is 1.85. The van der Waals surface area contributed by atoms with Crippen molar-refractivity contribution in [3.05, 3.63) is 18.2 Å². The molecule has 0 aliphatic rings. The lowest BCUT2D eigenvalue weighted by molar-refractivity contribution is 0.122. The number of hydrogen-bond acceptors (Lipinski definition) is 6. The van der Waals surface area contributed by atoms with Crippen LogP contribution >= 0.6 is 0 Å². The first-order valence-corrected chi connectivity index (χ1v) is 8.01. The van der Waals surface area contributed by atoms with Gasteiger partial charge in [0, 0.05) is 24.8 Å². The van der Waals surface area contributed by atoms with Gasteiger partial charge < -0.3 is 20.1 Å². The fraction of sp³-hybridized carbons (Fsp3) is 0.538. The number of nitrogen functional groups attached to an aromatic ring is 1. The quantitative estimate of drug-likeness (QED) is 0.497. The number of anilines is 1. The van der Waals surface area contributed by atoms with Crippen LogP contribution in [0.4, 0.5) is 5.69 Å². The Bertz CT molecular complexity index is 546. The number of likely N-dealkylation sites (N-methyl/N-ethyl adjacent to an activating group) is 1. The number of nitrogens with two attached hydrogens (primary N) is 1. The lowest BCUT2D eigenvalue weighted by Gasteiger charge is -2.12. The molecule has 0 aliphatic carbocycles. The second kappa shape index (κ2) is 8.18. The Hall–Kier alpha value is -1.35. The van der Waals surface area contributed by atoms with Gasteiger partial charge in [0.15, 0.2) is 0 Å². The molecule has 0 aliphatic heterocycles. The van der Waals surface area contributed by atoms with Crippen molar-refractivity contribution in [1.29, 1.82) is 0 Å². The second-order valence-electron chi connectivity index (χ2n) is 4.72. The van der Waals surface area contributed by atoms with E-state index in [4.69, 9.17) is 15.2 Å². The Kier molecular flexibility index (Phi) is 6.90. The van der Waals surface area contributed by atoms with E-state index in [-0.39, 0.29) is 17.2 Å². The van der Waals surface area contributed by atoms with E-state index in [0.717, 1.165) is 6.54 Å². The molecular weight excluding hydrogens is 294 g/mol. The third kappa shape index (κ3) is 5.88. The van der Waals surface area contributed by atoms with Gasteiger partial charge in [0.25, 0.3) is 0 Å². The smallest absolute Gasteiger partial charge is 0.244 e. The van der Waals surface area contributed by atoms with Gasteiger partial charge in [0.1, 0.15) is 10.6 Å². The number of rotatable bonds is 9. The van der Waals surface area contributed by atoms with Crippen LogP contribution in [0, 0.1) is 0 Å². The highest BCUT2D eigenvalue weighted by Gasteiger charge is 2.18. The number of methoxy groups -OCH3 is 1. The van der Waals surface area contributed by atoms with Crippen LogP contribution in [-0.2, 0) is 14.8 Å². The zero-order valence-corrected chi connectivity index (χ0v) is 13.4. The van der Waals surface area contributed by atoms with Crippen molar-refractivity contribution in [1.82, 2.24) is 9.62 Å². The highest BCUT2D eigenvalue weighted by molar-refractivity contribution is 7.89. The summed E-state index contributed by atoms with van der Waals surface area (Å²) in [7, 11) is 1.64. The van der Waals surface area contributed by atoms with E-state index in [0.29, 0.717) is 18.9 Å². The monoisotopic (exact) mass is 317 g/mol. The maximum Gasteiger partial charge on any atom is 0.244 e. The molecule has 1 rings (SSSR count). The summed E-state index contributed by atoms with van der Waals surface area (Å²) in [5.74, 6) is 0.219. The van der Waals surface area contributed by atoms with Gasteiger partial charge in [0.05, 0.1) is 20.3 Å². The predicted molar refractivity (Wildman–Crippen MR) is 82.0 cm³/mol. The molecule has 0 fully saturated rings. The Morgan fingerprint density at radius 2 is 2.00 bits per heavy atom. The molecule has 0 atom stereocenters. The third-order valence-electron chi connectivity index (χ3n) is 2.70. The van der Waals surface area contributed by atoms with Gasteiger partial charge in [-0.25, -0.2) is 13.1 Å². The van der Waals surface area contributed by atoms with Crippen LogP contribution in [0.3, 0.4) is 0 Å². The molecule has 0 bridgehead atoms. The van der Waals surface area contributed by atoms with Gasteiger partial charge in [0.2, 0.25) is 10.0 Å². The maximum absolute atomic E-state index is 12.2. The number of benzene rings is 1. The van der Waals surface area contributed by atoms with Gasteiger partial charge in [-0.05, 0) is 26.2 Å². The second-order valence-corrected chi connectivity index (χ2v) is 6.46. The zero-order chi connectivity index (χ0) is 15.9. The van der Waals surface area contributed by atoms with Gasteiger partial charge >= 0.3 is 0 Å². The number of ether oxygens (including phenoxy) is 2. The van der Waals surface area contributed by atoms with E-state index >= 15 is 0 Å². The van der Waals surface area contributed by atoms with Crippen molar-refractivity contribution < 1.29 is 17.9 Å². The summed E-state index contributed by atoms with van der Waals surface area (Å²) in [6, 6.07) is 4.41. The Morgan fingerprint density at radius 3 is 2.62 bits per heavy atom. The zero-order valence-electron chi connectivity index (χ0n) is 12.6. The molecule has 0 radical (unpaired) electrons.